The number of amides is 1. The van der Waals surface area contributed by atoms with E-state index in [4.69, 9.17) is 0 Å². The number of halogens is 1. The summed E-state index contributed by atoms with van der Waals surface area (Å²) in [6.45, 7) is 1.27. The van der Waals surface area contributed by atoms with Gasteiger partial charge >= 0.3 is 0 Å². The first kappa shape index (κ1) is 17.7. The average Bonchev–Trinajstić information content (AvgIpc) is 3.30. The Labute approximate surface area is 162 Å². The fourth-order valence-electron chi connectivity index (χ4n) is 3.01. The summed E-state index contributed by atoms with van der Waals surface area (Å²) in [6, 6.07) is 8.79. The smallest absolute Gasteiger partial charge is 0.256 e. The third-order valence-electron chi connectivity index (χ3n) is 4.38. The van der Waals surface area contributed by atoms with Crippen molar-refractivity contribution in [2.45, 2.75) is 4.21 Å². The number of rotatable bonds is 3. The minimum absolute atomic E-state index is 0.115. The van der Waals surface area contributed by atoms with Crippen LogP contribution in [-0.4, -0.2) is 59.9 Å². The van der Waals surface area contributed by atoms with Gasteiger partial charge in [-0.3, -0.25) is 9.89 Å². The van der Waals surface area contributed by atoms with Gasteiger partial charge in [0, 0.05) is 31.6 Å². The Hall–Kier alpha value is -1.75. The first-order valence-corrected chi connectivity index (χ1v) is 11.0. The molecule has 2 aromatic heterocycles. The van der Waals surface area contributed by atoms with Crippen LogP contribution >= 0.6 is 27.3 Å². The van der Waals surface area contributed by atoms with Crippen molar-refractivity contribution in [3.8, 4) is 0 Å². The van der Waals surface area contributed by atoms with E-state index >= 15 is 0 Å². The predicted molar refractivity (Wildman–Crippen MR) is 103 cm³/mol. The first-order valence-electron chi connectivity index (χ1n) is 7.94. The Balaban J connectivity index is 1.50. The fourth-order valence-corrected chi connectivity index (χ4v) is 6.60. The van der Waals surface area contributed by atoms with E-state index < -0.39 is 10.0 Å². The third kappa shape index (κ3) is 3.07. The van der Waals surface area contributed by atoms with Gasteiger partial charge in [0.15, 0.2) is 0 Å². The van der Waals surface area contributed by atoms with Crippen LogP contribution in [0.15, 0.2) is 44.5 Å². The molecule has 1 saturated heterocycles. The zero-order chi connectivity index (χ0) is 18.3. The van der Waals surface area contributed by atoms with Crippen molar-refractivity contribution in [2.75, 3.05) is 26.2 Å². The lowest BCUT2D eigenvalue weighted by Gasteiger charge is -2.33. The van der Waals surface area contributed by atoms with E-state index in [1.165, 1.54) is 15.6 Å². The number of hydrogen-bond donors (Lipinski definition) is 1. The molecule has 0 unspecified atom stereocenters. The Morgan fingerprint density at radius 2 is 1.92 bits per heavy atom. The van der Waals surface area contributed by atoms with Crippen molar-refractivity contribution >= 4 is 54.1 Å². The van der Waals surface area contributed by atoms with Gasteiger partial charge in [-0.1, -0.05) is 12.1 Å². The summed E-state index contributed by atoms with van der Waals surface area (Å²) in [7, 11) is -3.51. The molecule has 1 amide bonds. The Morgan fingerprint density at radius 3 is 2.62 bits per heavy atom. The minimum atomic E-state index is -3.51. The van der Waals surface area contributed by atoms with E-state index in [1.54, 1.807) is 29.3 Å². The van der Waals surface area contributed by atoms with Gasteiger partial charge < -0.3 is 4.90 Å². The number of benzene rings is 1. The quantitative estimate of drug-likeness (QED) is 0.658. The number of piperazine rings is 1. The van der Waals surface area contributed by atoms with E-state index in [0.717, 1.165) is 9.17 Å². The molecule has 0 aliphatic carbocycles. The molecule has 1 aromatic carbocycles. The van der Waals surface area contributed by atoms with Gasteiger partial charge in [-0.15, -0.1) is 11.3 Å². The summed E-state index contributed by atoms with van der Waals surface area (Å²) < 4.78 is 27.9. The zero-order valence-electron chi connectivity index (χ0n) is 13.6. The fraction of sp³-hybridized carbons (Fsp3) is 0.250. The summed E-state index contributed by atoms with van der Waals surface area (Å²) in [5.74, 6) is -0.115. The number of nitrogens with one attached hydrogen (secondary N) is 1. The van der Waals surface area contributed by atoms with Crippen molar-refractivity contribution in [3.63, 3.8) is 0 Å². The number of carbonyl (C=O) groups excluding carboxylic acids is 1. The molecule has 1 N–H and O–H groups in total. The highest BCUT2D eigenvalue weighted by molar-refractivity contribution is 9.11. The van der Waals surface area contributed by atoms with Gasteiger partial charge in [-0.25, -0.2) is 8.42 Å². The molecule has 0 saturated carbocycles. The van der Waals surface area contributed by atoms with Crippen molar-refractivity contribution in [2.24, 2.45) is 0 Å². The molecule has 0 bridgehead atoms. The Morgan fingerprint density at radius 1 is 1.15 bits per heavy atom. The van der Waals surface area contributed by atoms with Gasteiger partial charge in [0.1, 0.15) is 4.21 Å². The van der Waals surface area contributed by atoms with Crippen LogP contribution in [0.25, 0.3) is 10.9 Å². The second-order valence-corrected chi connectivity index (χ2v) is 10.5. The predicted octanol–water partition coefficient (Wildman–Crippen LogP) is 2.53. The number of thiophene rings is 1. The van der Waals surface area contributed by atoms with E-state index in [-0.39, 0.29) is 19.0 Å². The number of hydrogen-bond acceptors (Lipinski definition) is 5. The molecular weight excluding hydrogens is 440 g/mol. The van der Waals surface area contributed by atoms with Crippen LogP contribution < -0.4 is 0 Å². The Kier molecular flexibility index (Phi) is 4.59. The average molecular weight is 455 g/mol. The SMILES string of the molecule is O=C(c1cccc2cn[nH]c12)N1CCN(S(=O)(=O)c2ccc(Br)s2)CC1. The maximum atomic E-state index is 12.8. The number of aromatic amines is 1. The van der Waals surface area contributed by atoms with Gasteiger partial charge in [0.25, 0.3) is 15.9 Å². The van der Waals surface area contributed by atoms with Gasteiger partial charge in [-0.05, 0) is 34.1 Å². The summed E-state index contributed by atoms with van der Waals surface area (Å²) in [6.07, 6.45) is 1.68. The first-order chi connectivity index (χ1) is 12.5. The van der Waals surface area contributed by atoms with Crippen LogP contribution in [0.1, 0.15) is 10.4 Å². The van der Waals surface area contributed by atoms with Crippen molar-refractivity contribution in [1.82, 2.24) is 19.4 Å². The number of fused-ring (bicyclic) bond motifs is 1. The summed E-state index contributed by atoms with van der Waals surface area (Å²) in [5.41, 5.74) is 1.26. The maximum Gasteiger partial charge on any atom is 0.256 e. The van der Waals surface area contributed by atoms with Gasteiger partial charge in [-0.2, -0.15) is 9.40 Å². The lowest BCUT2D eigenvalue weighted by atomic mass is 10.1. The van der Waals surface area contributed by atoms with Crippen LogP contribution in [0.4, 0.5) is 0 Å². The normalized spacial score (nSPS) is 16.3. The van der Waals surface area contributed by atoms with E-state index in [2.05, 4.69) is 26.1 Å². The lowest BCUT2D eigenvalue weighted by Crippen LogP contribution is -2.50. The standard InChI is InChI=1S/C16H15BrN4O3S2/c17-13-4-5-14(25-13)26(23,24)21-8-6-20(7-9-21)16(22)12-3-1-2-11-10-18-19-15(11)12/h1-5,10H,6-9H2,(H,18,19). The molecule has 3 aromatic rings. The summed E-state index contributed by atoms with van der Waals surface area (Å²) >= 11 is 4.48. The molecule has 3 heterocycles. The second kappa shape index (κ2) is 6.76. The Bertz CT molecular complexity index is 1070. The molecule has 1 aliphatic heterocycles. The van der Waals surface area contributed by atoms with Crippen LogP contribution in [0, 0.1) is 0 Å². The number of aromatic nitrogens is 2. The van der Waals surface area contributed by atoms with Crippen molar-refractivity contribution < 1.29 is 13.2 Å². The lowest BCUT2D eigenvalue weighted by molar-refractivity contribution is 0.0700. The number of para-hydroxylation sites is 1. The number of H-pyrrole nitrogens is 1. The van der Waals surface area contributed by atoms with Crippen molar-refractivity contribution in [1.29, 1.82) is 0 Å². The largest absolute Gasteiger partial charge is 0.336 e. The zero-order valence-corrected chi connectivity index (χ0v) is 16.8. The van der Waals surface area contributed by atoms with Crippen LogP contribution in [0.3, 0.4) is 0 Å². The van der Waals surface area contributed by atoms with Crippen LogP contribution in [0.2, 0.25) is 0 Å². The van der Waals surface area contributed by atoms with E-state index in [0.29, 0.717) is 28.4 Å². The van der Waals surface area contributed by atoms with Crippen LogP contribution in [-0.2, 0) is 10.0 Å². The third-order valence-corrected chi connectivity index (χ3v) is 8.37. The highest BCUT2D eigenvalue weighted by Gasteiger charge is 2.31. The van der Waals surface area contributed by atoms with Crippen molar-refractivity contribution in [3.05, 3.63) is 45.9 Å². The molecule has 4 rings (SSSR count). The molecule has 7 nitrogen and oxygen atoms in total. The maximum absolute atomic E-state index is 12.8. The molecule has 1 fully saturated rings. The highest BCUT2D eigenvalue weighted by atomic mass is 79.9. The van der Waals surface area contributed by atoms with Gasteiger partial charge in [0.05, 0.1) is 21.1 Å². The molecule has 0 atom stereocenters. The molecule has 0 radical (unpaired) electrons. The highest BCUT2D eigenvalue weighted by Crippen LogP contribution is 2.29. The number of nitrogens with zero attached hydrogens (tertiary/aromatic N) is 3. The molecule has 1 aliphatic rings. The van der Waals surface area contributed by atoms with E-state index in [1.807, 2.05) is 12.1 Å². The molecule has 0 spiro atoms. The molecule has 26 heavy (non-hydrogen) atoms. The second-order valence-electron chi connectivity index (χ2n) is 5.89. The van der Waals surface area contributed by atoms with Crippen LogP contribution in [0.5, 0.6) is 0 Å². The monoisotopic (exact) mass is 454 g/mol. The minimum Gasteiger partial charge on any atom is -0.336 e. The summed E-state index contributed by atoms with van der Waals surface area (Å²) in [4.78, 5) is 14.5. The topological polar surface area (TPSA) is 86.4 Å². The van der Waals surface area contributed by atoms with Gasteiger partial charge in [0.2, 0.25) is 0 Å². The summed E-state index contributed by atoms with van der Waals surface area (Å²) in [5, 5.41) is 7.72. The van der Waals surface area contributed by atoms with E-state index in [9.17, 15) is 13.2 Å². The number of sulfonamides is 1. The number of carbonyl (C=O) groups is 1. The molecule has 10 heteroatoms. The molecule has 136 valence electrons. The molecular formula is C16H15BrN4O3S2.